The molecule has 0 bridgehead atoms. The standard InChI is InChI=1S/C21H29N3O2/c1-16-9-13-24(14-10-16)21(26)19-15-18(8-12-22-19)20(25)23-11-7-17-5-3-2-4-6-17/h5,8,12,15-16H,2-4,6-7,9-11,13-14H2,1H3,(H,23,25). The minimum atomic E-state index is -0.134. The maximum Gasteiger partial charge on any atom is 0.272 e. The molecule has 0 unspecified atom stereocenters. The highest BCUT2D eigenvalue weighted by atomic mass is 16.2. The fraction of sp³-hybridized carbons (Fsp3) is 0.571. The van der Waals surface area contributed by atoms with E-state index in [0.29, 0.717) is 23.7 Å². The van der Waals surface area contributed by atoms with Gasteiger partial charge in [-0.15, -0.1) is 0 Å². The number of likely N-dealkylation sites (tertiary alicyclic amines) is 1. The molecule has 26 heavy (non-hydrogen) atoms. The maximum absolute atomic E-state index is 12.6. The zero-order chi connectivity index (χ0) is 18.4. The molecule has 1 N–H and O–H groups in total. The molecule has 0 atom stereocenters. The summed E-state index contributed by atoms with van der Waals surface area (Å²) in [4.78, 5) is 31.1. The lowest BCUT2D eigenvalue weighted by Crippen LogP contribution is -2.38. The third kappa shape index (κ3) is 4.93. The van der Waals surface area contributed by atoms with Gasteiger partial charge in [0.15, 0.2) is 0 Å². The molecule has 1 saturated heterocycles. The van der Waals surface area contributed by atoms with Gasteiger partial charge in [-0.2, -0.15) is 0 Å². The fourth-order valence-electron chi connectivity index (χ4n) is 3.63. The summed E-state index contributed by atoms with van der Waals surface area (Å²) in [6.07, 6.45) is 11.7. The molecule has 0 saturated carbocycles. The fourth-order valence-corrected chi connectivity index (χ4v) is 3.63. The van der Waals surface area contributed by atoms with Crippen LogP contribution < -0.4 is 5.32 Å². The molecule has 2 heterocycles. The van der Waals surface area contributed by atoms with Gasteiger partial charge in [-0.05, 0) is 63.0 Å². The van der Waals surface area contributed by atoms with Gasteiger partial charge >= 0.3 is 0 Å². The Bertz CT molecular complexity index is 676. The van der Waals surface area contributed by atoms with Gasteiger partial charge < -0.3 is 10.2 Å². The average molecular weight is 355 g/mol. The number of carbonyl (C=O) groups is 2. The first kappa shape index (κ1) is 18.6. The van der Waals surface area contributed by atoms with Crippen molar-refractivity contribution in [2.75, 3.05) is 19.6 Å². The highest BCUT2D eigenvalue weighted by Gasteiger charge is 2.23. The number of rotatable bonds is 5. The van der Waals surface area contributed by atoms with E-state index in [0.717, 1.165) is 45.2 Å². The summed E-state index contributed by atoms with van der Waals surface area (Å²) in [6, 6.07) is 3.29. The number of pyridine rings is 1. The smallest absolute Gasteiger partial charge is 0.272 e. The summed E-state index contributed by atoms with van der Waals surface area (Å²) in [7, 11) is 0. The molecule has 0 radical (unpaired) electrons. The molecular formula is C21H29N3O2. The van der Waals surface area contributed by atoms with Crippen molar-refractivity contribution in [1.29, 1.82) is 0 Å². The number of piperidine rings is 1. The van der Waals surface area contributed by atoms with Crippen LogP contribution in [-0.4, -0.2) is 41.3 Å². The van der Waals surface area contributed by atoms with Gasteiger partial charge in [0.05, 0.1) is 0 Å². The van der Waals surface area contributed by atoms with Crippen LogP contribution in [0.1, 0.15) is 72.7 Å². The van der Waals surface area contributed by atoms with Crippen LogP contribution in [0, 0.1) is 5.92 Å². The summed E-state index contributed by atoms with van der Waals surface area (Å²) in [6.45, 7) is 4.40. The van der Waals surface area contributed by atoms with Gasteiger partial charge in [0, 0.05) is 31.4 Å². The molecule has 1 fully saturated rings. The second kappa shape index (κ2) is 8.97. The Morgan fingerprint density at radius 2 is 2.08 bits per heavy atom. The van der Waals surface area contributed by atoms with Crippen molar-refractivity contribution in [3.05, 3.63) is 41.2 Å². The zero-order valence-corrected chi connectivity index (χ0v) is 15.7. The first-order chi connectivity index (χ1) is 12.6. The molecule has 0 aromatic carbocycles. The molecule has 3 rings (SSSR count). The van der Waals surface area contributed by atoms with Crippen LogP contribution in [0.2, 0.25) is 0 Å². The second-order valence-corrected chi connectivity index (χ2v) is 7.52. The van der Waals surface area contributed by atoms with Crippen molar-refractivity contribution >= 4 is 11.8 Å². The third-order valence-corrected chi connectivity index (χ3v) is 5.43. The molecule has 0 spiro atoms. The molecule has 5 heteroatoms. The minimum Gasteiger partial charge on any atom is -0.352 e. The lowest BCUT2D eigenvalue weighted by atomic mass is 9.97. The molecule has 2 aliphatic rings. The van der Waals surface area contributed by atoms with E-state index >= 15 is 0 Å². The highest BCUT2D eigenvalue weighted by molar-refractivity contribution is 5.98. The highest BCUT2D eigenvalue weighted by Crippen LogP contribution is 2.20. The van der Waals surface area contributed by atoms with Gasteiger partial charge in [-0.1, -0.05) is 18.6 Å². The van der Waals surface area contributed by atoms with E-state index in [4.69, 9.17) is 0 Å². The molecule has 1 aromatic rings. The Morgan fingerprint density at radius 1 is 1.27 bits per heavy atom. The van der Waals surface area contributed by atoms with Crippen molar-refractivity contribution in [2.24, 2.45) is 5.92 Å². The molecular weight excluding hydrogens is 326 g/mol. The Hall–Kier alpha value is -2.17. The molecule has 1 aliphatic carbocycles. The average Bonchev–Trinajstić information content (AvgIpc) is 2.69. The van der Waals surface area contributed by atoms with E-state index < -0.39 is 0 Å². The minimum absolute atomic E-state index is 0.0705. The van der Waals surface area contributed by atoms with Crippen LogP contribution in [0.25, 0.3) is 0 Å². The Kier molecular flexibility index (Phi) is 6.42. The molecule has 140 valence electrons. The molecule has 1 aromatic heterocycles. The number of hydrogen-bond acceptors (Lipinski definition) is 3. The van der Waals surface area contributed by atoms with Crippen LogP contribution in [-0.2, 0) is 0 Å². The largest absolute Gasteiger partial charge is 0.352 e. The van der Waals surface area contributed by atoms with Crippen LogP contribution in [0.15, 0.2) is 30.0 Å². The number of allylic oxidation sites excluding steroid dienone is 1. The number of nitrogens with zero attached hydrogens (tertiary/aromatic N) is 2. The zero-order valence-electron chi connectivity index (χ0n) is 15.7. The molecule has 5 nitrogen and oxygen atoms in total. The van der Waals surface area contributed by atoms with Crippen molar-refractivity contribution in [1.82, 2.24) is 15.2 Å². The Labute approximate surface area is 155 Å². The van der Waals surface area contributed by atoms with E-state index in [9.17, 15) is 9.59 Å². The van der Waals surface area contributed by atoms with Gasteiger partial charge in [0.1, 0.15) is 5.69 Å². The molecule has 2 amide bonds. The van der Waals surface area contributed by atoms with Crippen LogP contribution in [0.5, 0.6) is 0 Å². The van der Waals surface area contributed by atoms with Crippen molar-refractivity contribution in [3.63, 3.8) is 0 Å². The first-order valence-electron chi connectivity index (χ1n) is 9.85. The number of nitrogens with one attached hydrogen (secondary N) is 1. The number of carbonyl (C=O) groups excluding carboxylic acids is 2. The van der Waals surface area contributed by atoms with E-state index in [2.05, 4.69) is 23.3 Å². The van der Waals surface area contributed by atoms with Gasteiger partial charge in [-0.3, -0.25) is 14.6 Å². The normalized spacial score (nSPS) is 18.3. The van der Waals surface area contributed by atoms with Crippen molar-refractivity contribution < 1.29 is 9.59 Å². The number of aromatic nitrogens is 1. The monoisotopic (exact) mass is 355 g/mol. The Morgan fingerprint density at radius 3 is 2.81 bits per heavy atom. The van der Waals surface area contributed by atoms with E-state index in [1.165, 1.54) is 18.4 Å². The van der Waals surface area contributed by atoms with Crippen molar-refractivity contribution in [3.8, 4) is 0 Å². The van der Waals surface area contributed by atoms with Crippen LogP contribution >= 0.6 is 0 Å². The van der Waals surface area contributed by atoms with Crippen molar-refractivity contribution in [2.45, 2.75) is 51.9 Å². The number of amides is 2. The summed E-state index contributed by atoms with van der Waals surface area (Å²) in [5.74, 6) is 0.465. The second-order valence-electron chi connectivity index (χ2n) is 7.52. The lowest BCUT2D eigenvalue weighted by molar-refractivity contribution is 0.0691. The third-order valence-electron chi connectivity index (χ3n) is 5.43. The Balaban J connectivity index is 1.55. The molecule has 1 aliphatic heterocycles. The van der Waals surface area contributed by atoms with Gasteiger partial charge in [-0.25, -0.2) is 0 Å². The SMILES string of the molecule is CC1CCN(C(=O)c2cc(C(=O)NCCC3=CCCCC3)ccn2)CC1. The predicted octanol–water partition coefficient (Wildman–Crippen LogP) is 3.57. The maximum atomic E-state index is 12.6. The van der Waals surface area contributed by atoms with E-state index in [1.807, 2.05) is 4.90 Å². The van der Waals surface area contributed by atoms with Gasteiger partial charge in [0.2, 0.25) is 0 Å². The van der Waals surface area contributed by atoms with Gasteiger partial charge in [0.25, 0.3) is 11.8 Å². The van der Waals surface area contributed by atoms with Crippen LogP contribution in [0.4, 0.5) is 0 Å². The summed E-state index contributed by atoms with van der Waals surface area (Å²) in [5.41, 5.74) is 2.31. The first-order valence-corrected chi connectivity index (χ1v) is 9.85. The van der Waals surface area contributed by atoms with E-state index in [1.54, 1.807) is 18.3 Å². The quantitative estimate of drug-likeness (QED) is 0.821. The summed E-state index contributed by atoms with van der Waals surface area (Å²) >= 11 is 0. The summed E-state index contributed by atoms with van der Waals surface area (Å²) in [5, 5.41) is 2.97. The number of hydrogen-bond donors (Lipinski definition) is 1. The van der Waals surface area contributed by atoms with Crippen LogP contribution in [0.3, 0.4) is 0 Å². The lowest BCUT2D eigenvalue weighted by Gasteiger charge is -2.30. The van der Waals surface area contributed by atoms with E-state index in [-0.39, 0.29) is 11.8 Å². The topological polar surface area (TPSA) is 62.3 Å². The summed E-state index contributed by atoms with van der Waals surface area (Å²) < 4.78 is 0. The predicted molar refractivity (Wildman–Crippen MR) is 102 cm³/mol.